The van der Waals surface area contributed by atoms with Crippen LogP contribution in [-0.2, 0) is 19.0 Å². The summed E-state index contributed by atoms with van der Waals surface area (Å²) >= 11 is 3.02. The lowest BCUT2D eigenvalue weighted by atomic mass is 9.98. The number of carbonyl (C=O) groups is 2. The third-order valence-corrected chi connectivity index (χ3v) is 11.6. The molecule has 1 aliphatic carbocycles. The fourth-order valence-corrected chi connectivity index (χ4v) is 9.60. The fourth-order valence-electron chi connectivity index (χ4n) is 5.92. The molecule has 2 heterocycles. The summed E-state index contributed by atoms with van der Waals surface area (Å²) < 4.78 is 16.9. The minimum atomic E-state index is -1.15. The number of amides is 2. The molecule has 9 heteroatoms. The molecule has 40 heavy (non-hydrogen) atoms. The minimum absolute atomic E-state index is 0.00566. The first-order valence-corrected chi connectivity index (χ1v) is 15.4. The molecule has 2 aliphatic heterocycles. The zero-order valence-corrected chi connectivity index (χ0v) is 23.7. The third kappa shape index (κ3) is 4.89. The van der Waals surface area contributed by atoms with Crippen molar-refractivity contribution in [1.29, 1.82) is 0 Å². The summed E-state index contributed by atoms with van der Waals surface area (Å²) in [5, 5.41) is 2.96. The number of rotatable bonds is 9. The van der Waals surface area contributed by atoms with Gasteiger partial charge in [-0.05, 0) is 34.2 Å². The Morgan fingerprint density at radius 1 is 0.925 bits per heavy atom. The van der Waals surface area contributed by atoms with Gasteiger partial charge in [0.25, 0.3) is 0 Å². The molecule has 3 N–H and O–H groups in total. The fraction of sp³-hybridized carbons (Fsp3) is 0.355. The SMILES string of the molecule is NC(=O)[C@]1(C2(CCCNC(=O)OCC3c4ccccc4-c4ccccc43)OCCO2)SCC(c2ccccc2)S1. The summed E-state index contributed by atoms with van der Waals surface area (Å²) in [6.45, 7) is 1.41. The zero-order valence-electron chi connectivity index (χ0n) is 22.0. The maximum Gasteiger partial charge on any atom is 0.407 e. The molecule has 0 aromatic heterocycles. The lowest BCUT2D eigenvalue weighted by molar-refractivity contribution is -0.174. The van der Waals surface area contributed by atoms with E-state index in [9.17, 15) is 9.59 Å². The van der Waals surface area contributed by atoms with Crippen molar-refractivity contribution in [3.05, 3.63) is 95.6 Å². The lowest BCUT2D eigenvalue weighted by Gasteiger charge is -2.41. The van der Waals surface area contributed by atoms with Crippen LogP contribution in [0.25, 0.3) is 11.1 Å². The van der Waals surface area contributed by atoms with Crippen LogP contribution in [0.1, 0.15) is 40.7 Å². The molecule has 6 rings (SSSR count). The molecular weight excluding hydrogens is 544 g/mol. The van der Waals surface area contributed by atoms with E-state index in [0.29, 0.717) is 32.6 Å². The molecule has 2 atom stereocenters. The Labute approximate surface area is 242 Å². The molecule has 2 saturated heterocycles. The van der Waals surface area contributed by atoms with Crippen LogP contribution in [0, 0.1) is 0 Å². The van der Waals surface area contributed by atoms with Gasteiger partial charge in [0.1, 0.15) is 6.61 Å². The molecule has 3 aliphatic rings. The van der Waals surface area contributed by atoms with Crippen LogP contribution >= 0.6 is 23.5 Å². The summed E-state index contributed by atoms with van der Waals surface area (Å²) in [5.74, 6) is -0.872. The Morgan fingerprint density at radius 2 is 1.55 bits per heavy atom. The average Bonchev–Trinajstić information content (AvgIpc) is 3.72. The molecule has 2 fully saturated rings. The topological polar surface area (TPSA) is 99.9 Å². The zero-order chi connectivity index (χ0) is 27.6. The second kappa shape index (κ2) is 11.5. The van der Waals surface area contributed by atoms with E-state index in [1.165, 1.54) is 45.8 Å². The van der Waals surface area contributed by atoms with E-state index in [2.05, 4.69) is 41.7 Å². The van der Waals surface area contributed by atoms with Crippen molar-refractivity contribution in [2.75, 3.05) is 32.1 Å². The molecule has 0 saturated carbocycles. The number of nitrogens with one attached hydrogen (secondary N) is 1. The number of alkyl carbamates (subject to hydrolysis) is 1. The van der Waals surface area contributed by atoms with Gasteiger partial charge in [0, 0.05) is 29.9 Å². The quantitative estimate of drug-likeness (QED) is 0.327. The first-order chi connectivity index (χ1) is 19.5. The molecule has 0 bridgehead atoms. The molecule has 3 aromatic carbocycles. The number of fused-ring (bicyclic) bond motifs is 3. The van der Waals surface area contributed by atoms with Gasteiger partial charge >= 0.3 is 6.09 Å². The number of benzene rings is 3. The summed E-state index contributed by atoms with van der Waals surface area (Å²) in [4.78, 5) is 25.6. The highest BCUT2D eigenvalue weighted by Crippen LogP contribution is 2.62. The molecule has 2 amide bonds. The van der Waals surface area contributed by atoms with Crippen molar-refractivity contribution in [2.24, 2.45) is 5.73 Å². The first-order valence-electron chi connectivity index (χ1n) is 13.6. The molecule has 0 spiro atoms. The highest BCUT2D eigenvalue weighted by molar-refractivity contribution is 8.22. The van der Waals surface area contributed by atoms with E-state index < -0.39 is 21.9 Å². The average molecular weight is 577 g/mol. The van der Waals surface area contributed by atoms with Crippen molar-refractivity contribution in [2.45, 2.75) is 33.9 Å². The number of hydrogen-bond donors (Lipinski definition) is 2. The van der Waals surface area contributed by atoms with Crippen LogP contribution in [-0.4, -0.2) is 54.0 Å². The van der Waals surface area contributed by atoms with E-state index in [1.807, 2.05) is 42.5 Å². The van der Waals surface area contributed by atoms with Crippen LogP contribution in [0.4, 0.5) is 4.79 Å². The Balaban J connectivity index is 1.06. The van der Waals surface area contributed by atoms with Crippen molar-refractivity contribution < 1.29 is 23.8 Å². The number of nitrogens with two attached hydrogens (primary N) is 1. The van der Waals surface area contributed by atoms with Gasteiger partial charge in [-0.1, -0.05) is 78.9 Å². The molecule has 3 aromatic rings. The van der Waals surface area contributed by atoms with Gasteiger partial charge in [0.15, 0.2) is 4.08 Å². The maximum atomic E-state index is 13.0. The second-order valence-corrected chi connectivity index (χ2v) is 13.0. The monoisotopic (exact) mass is 576 g/mol. The van der Waals surface area contributed by atoms with E-state index in [4.69, 9.17) is 19.9 Å². The molecule has 0 radical (unpaired) electrons. The van der Waals surface area contributed by atoms with E-state index in [-0.39, 0.29) is 17.8 Å². The number of carbonyl (C=O) groups excluding carboxylic acids is 2. The van der Waals surface area contributed by atoms with Gasteiger partial charge in [-0.3, -0.25) is 4.79 Å². The molecule has 1 unspecified atom stereocenters. The Bertz CT molecular complexity index is 1340. The maximum absolute atomic E-state index is 13.0. The van der Waals surface area contributed by atoms with E-state index in [1.54, 1.807) is 0 Å². The normalized spacial score (nSPS) is 22.9. The number of hydrogen-bond acceptors (Lipinski definition) is 7. The van der Waals surface area contributed by atoms with Gasteiger partial charge in [-0.25, -0.2) is 4.79 Å². The number of thioether (sulfide) groups is 2. The number of ether oxygens (including phenoxy) is 3. The molecule has 7 nitrogen and oxygen atoms in total. The predicted octanol–water partition coefficient (Wildman–Crippen LogP) is 5.45. The highest BCUT2D eigenvalue weighted by atomic mass is 32.2. The smallest absolute Gasteiger partial charge is 0.407 e. The summed E-state index contributed by atoms with van der Waals surface area (Å²) in [7, 11) is 0. The van der Waals surface area contributed by atoms with Gasteiger partial charge in [-0.15, -0.1) is 23.5 Å². The largest absolute Gasteiger partial charge is 0.449 e. The van der Waals surface area contributed by atoms with Crippen molar-refractivity contribution >= 4 is 35.5 Å². The standard InChI is InChI=1S/C31H32N2O5S2/c32-28(34)31(39-20-27(40-31)21-9-2-1-3-10-21)30(37-17-18-38-30)15-8-16-33-29(35)36-19-26-24-13-6-4-11-22(24)23-12-5-7-14-25(23)26/h1-7,9-14,26-27H,8,15-20H2,(H2,32,34)(H,33,35)/t27?,31-/m0/s1. The van der Waals surface area contributed by atoms with Crippen LogP contribution in [0.5, 0.6) is 0 Å². The van der Waals surface area contributed by atoms with E-state index in [0.717, 1.165) is 11.3 Å². The van der Waals surface area contributed by atoms with Crippen LogP contribution in [0.15, 0.2) is 78.9 Å². The van der Waals surface area contributed by atoms with E-state index >= 15 is 0 Å². The van der Waals surface area contributed by atoms with Crippen molar-refractivity contribution in [3.63, 3.8) is 0 Å². The highest BCUT2D eigenvalue weighted by Gasteiger charge is 2.64. The Hall–Kier alpha value is -2.98. The summed E-state index contributed by atoms with van der Waals surface area (Å²) in [6.07, 6.45) is 0.486. The van der Waals surface area contributed by atoms with Crippen LogP contribution < -0.4 is 11.1 Å². The Kier molecular flexibility index (Phi) is 7.81. The van der Waals surface area contributed by atoms with Gasteiger partial charge in [0.2, 0.25) is 11.7 Å². The van der Waals surface area contributed by atoms with Crippen LogP contribution in [0.2, 0.25) is 0 Å². The van der Waals surface area contributed by atoms with Crippen molar-refractivity contribution in [3.8, 4) is 11.1 Å². The first kappa shape index (κ1) is 27.2. The summed E-state index contributed by atoms with van der Waals surface area (Å²) in [5.41, 5.74) is 11.9. The minimum Gasteiger partial charge on any atom is -0.449 e. The second-order valence-electron chi connectivity index (χ2n) is 10.1. The van der Waals surface area contributed by atoms with Gasteiger partial charge in [0.05, 0.1) is 13.2 Å². The Morgan fingerprint density at radius 3 is 2.20 bits per heavy atom. The number of primary amides is 1. The van der Waals surface area contributed by atoms with Crippen molar-refractivity contribution in [1.82, 2.24) is 5.32 Å². The predicted molar refractivity (Wildman–Crippen MR) is 158 cm³/mol. The third-order valence-electron chi connectivity index (χ3n) is 7.79. The molecule has 208 valence electrons. The summed E-state index contributed by atoms with van der Waals surface area (Å²) in [6, 6.07) is 26.6. The van der Waals surface area contributed by atoms with Gasteiger partial charge in [-0.2, -0.15) is 0 Å². The van der Waals surface area contributed by atoms with Gasteiger partial charge < -0.3 is 25.3 Å². The molecular formula is C31H32N2O5S2. The lowest BCUT2D eigenvalue weighted by Crippen LogP contribution is -2.57. The van der Waals surface area contributed by atoms with Crippen LogP contribution in [0.3, 0.4) is 0 Å².